The van der Waals surface area contributed by atoms with Gasteiger partial charge in [-0.3, -0.25) is 14.5 Å². The second-order valence-electron chi connectivity index (χ2n) is 6.09. The van der Waals surface area contributed by atoms with Crippen LogP contribution in [0.25, 0.3) is 0 Å². The van der Waals surface area contributed by atoms with Crippen molar-refractivity contribution in [1.82, 2.24) is 4.90 Å². The monoisotopic (exact) mass is 354 g/mol. The Morgan fingerprint density at radius 3 is 2.44 bits per heavy atom. The summed E-state index contributed by atoms with van der Waals surface area (Å²) < 4.78 is 0. The van der Waals surface area contributed by atoms with Crippen molar-refractivity contribution in [2.24, 2.45) is 0 Å². The Bertz CT molecular complexity index is 742. The number of nitrogens with one attached hydrogen (secondary N) is 1. The van der Waals surface area contributed by atoms with Crippen LogP contribution in [0.2, 0.25) is 0 Å². The molecule has 2 aromatic rings. The van der Waals surface area contributed by atoms with Crippen molar-refractivity contribution in [3.8, 4) is 0 Å². The molecule has 3 rings (SSSR count). The van der Waals surface area contributed by atoms with E-state index in [1.54, 1.807) is 18.2 Å². The number of benzene rings is 2. The fourth-order valence-corrected chi connectivity index (χ4v) is 3.96. The Morgan fingerprint density at radius 1 is 1.04 bits per heavy atom. The van der Waals surface area contributed by atoms with Gasteiger partial charge in [-0.2, -0.15) is 11.8 Å². The third-order valence-corrected chi connectivity index (χ3v) is 5.25. The lowest BCUT2D eigenvalue weighted by atomic mass is 10.0. The standard InChI is InChI=1S/C20H22N2O2S/c1-15(23)17-8-5-9-18(14-17)21-20(24)19(16-6-3-2-4-7-16)22-10-12-25-13-11-22/h2-9,14,19H,10-13H2,1H3,(H,21,24). The first-order chi connectivity index (χ1) is 12.1. The minimum atomic E-state index is -0.317. The van der Waals surface area contributed by atoms with Crippen LogP contribution >= 0.6 is 11.8 Å². The maximum absolute atomic E-state index is 13.0. The minimum Gasteiger partial charge on any atom is -0.324 e. The summed E-state index contributed by atoms with van der Waals surface area (Å²) in [4.78, 5) is 26.8. The number of hydrogen-bond donors (Lipinski definition) is 1. The van der Waals surface area contributed by atoms with Crippen molar-refractivity contribution in [2.75, 3.05) is 29.9 Å². The van der Waals surface area contributed by atoms with E-state index in [4.69, 9.17) is 0 Å². The summed E-state index contributed by atoms with van der Waals surface area (Å²) >= 11 is 1.92. The molecule has 130 valence electrons. The molecule has 1 heterocycles. The average molecular weight is 354 g/mol. The molecule has 0 aliphatic carbocycles. The lowest BCUT2D eigenvalue weighted by molar-refractivity contribution is -0.121. The Labute approximate surface area is 152 Å². The van der Waals surface area contributed by atoms with Crippen LogP contribution < -0.4 is 5.32 Å². The van der Waals surface area contributed by atoms with Gasteiger partial charge in [0.15, 0.2) is 5.78 Å². The van der Waals surface area contributed by atoms with Crippen molar-refractivity contribution in [3.63, 3.8) is 0 Å². The highest BCUT2D eigenvalue weighted by Crippen LogP contribution is 2.26. The molecule has 1 atom stereocenters. The number of carbonyl (C=O) groups is 2. The Morgan fingerprint density at radius 2 is 1.76 bits per heavy atom. The smallest absolute Gasteiger partial charge is 0.246 e. The highest BCUT2D eigenvalue weighted by molar-refractivity contribution is 7.99. The summed E-state index contributed by atoms with van der Waals surface area (Å²) in [5.74, 6) is 2.01. The van der Waals surface area contributed by atoms with E-state index in [1.165, 1.54) is 6.92 Å². The summed E-state index contributed by atoms with van der Waals surface area (Å²) in [7, 11) is 0. The van der Waals surface area contributed by atoms with Gasteiger partial charge in [0.2, 0.25) is 5.91 Å². The summed E-state index contributed by atoms with van der Waals surface area (Å²) in [5.41, 5.74) is 2.25. The van der Waals surface area contributed by atoms with Gasteiger partial charge in [0.25, 0.3) is 0 Å². The average Bonchev–Trinajstić information content (AvgIpc) is 2.64. The molecule has 1 aliphatic rings. The first-order valence-electron chi connectivity index (χ1n) is 8.44. The van der Waals surface area contributed by atoms with Crippen molar-refractivity contribution >= 4 is 29.1 Å². The van der Waals surface area contributed by atoms with E-state index in [1.807, 2.05) is 48.2 Å². The van der Waals surface area contributed by atoms with Crippen molar-refractivity contribution in [3.05, 3.63) is 65.7 Å². The van der Waals surface area contributed by atoms with Crippen molar-refractivity contribution in [2.45, 2.75) is 13.0 Å². The second kappa shape index (κ2) is 8.32. The van der Waals surface area contributed by atoms with Crippen molar-refractivity contribution < 1.29 is 9.59 Å². The van der Waals surface area contributed by atoms with Crippen LogP contribution in [0.4, 0.5) is 5.69 Å². The van der Waals surface area contributed by atoms with E-state index < -0.39 is 0 Å². The predicted octanol–water partition coefficient (Wildman–Crippen LogP) is 3.62. The highest BCUT2D eigenvalue weighted by Gasteiger charge is 2.28. The lowest BCUT2D eigenvalue weighted by Gasteiger charge is -2.33. The SMILES string of the molecule is CC(=O)c1cccc(NC(=O)C(c2ccccc2)N2CCSCC2)c1. The van der Waals surface area contributed by atoms with E-state index >= 15 is 0 Å². The Balaban J connectivity index is 1.84. The number of thioether (sulfide) groups is 1. The van der Waals surface area contributed by atoms with Gasteiger partial charge in [-0.1, -0.05) is 42.5 Å². The molecule has 5 heteroatoms. The van der Waals surface area contributed by atoms with E-state index in [0.29, 0.717) is 11.3 Å². The van der Waals surface area contributed by atoms with Crippen LogP contribution in [0.15, 0.2) is 54.6 Å². The van der Waals surface area contributed by atoms with Crippen molar-refractivity contribution in [1.29, 1.82) is 0 Å². The van der Waals surface area contributed by atoms with Gasteiger partial charge in [0, 0.05) is 35.8 Å². The third kappa shape index (κ3) is 4.50. The molecule has 1 N–H and O–H groups in total. The maximum atomic E-state index is 13.0. The highest BCUT2D eigenvalue weighted by atomic mass is 32.2. The molecule has 25 heavy (non-hydrogen) atoms. The molecule has 1 fully saturated rings. The minimum absolute atomic E-state index is 0.0104. The van der Waals surface area contributed by atoms with Crippen LogP contribution in [0.3, 0.4) is 0 Å². The first kappa shape index (κ1) is 17.7. The van der Waals surface area contributed by atoms with Gasteiger partial charge >= 0.3 is 0 Å². The number of carbonyl (C=O) groups excluding carboxylic acids is 2. The van der Waals surface area contributed by atoms with Gasteiger partial charge in [-0.15, -0.1) is 0 Å². The summed E-state index contributed by atoms with van der Waals surface area (Å²) in [6.07, 6.45) is 0. The topological polar surface area (TPSA) is 49.4 Å². The molecule has 1 saturated heterocycles. The van der Waals surface area contributed by atoms with E-state index in [9.17, 15) is 9.59 Å². The zero-order valence-electron chi connectivity index (χ0n) is 14.3. The fourth-order valence-electron chi connectivity index (χ4n) is 3.03. The summed E-state index contributed by atoms with van der Waals surface area (Å²) in [6, 6.07) is 16.7. The second-order valence-corrected chi connectivity index (χ2v) is 7.31. The quantitative estimate of drug-likeness (QED) is 0.833. The molecule has 0 spiro atoms. The molecule has 1 amide bonds. The van der Waals surface area contributed by atoms with Crippen LogP contribution in [0.5, 0.6) is 0 Å². The van der Waals surface area contributed by atoms with Crippen LogP contribution in [-0.2, 0) is 4.79 Å². The normalized spacial score (nSPS) is 16.2. The van der Waals surface area contributed by atoms with E-state index in [0.717, 1.165) is 30.2 Å². The maximum Gasteiger partial charge on any atom is 0.246 e. The molecule has 1 unspecified atom stereocenters. The number of nitrogens with zero attached hydrogens (tertiary/aromatic N) is 1. The van der Waals surface area contributed by atoms with E-state index in [-0.39, 0.29) is 17.7 Å². The zero-order valence-corrected chi connectivity index (χ0v) is 15.1. The molecular weight excluding hydrogens is 332 g/mol. The van der Waals surface area contributed by atoms with Crippen LogP contribution in [0.1, 0.15) is 28.9 Å². The molecule has 1 aliphatic heterocycles. The molecular formula is C20H22N2O2S. The number of ketones is 1. The number of anilines is 1. The number of amides is 1. The molecule has 0 saturated carbocycles. The molecule has 0 radical (unpaired) electrons. The van der Waals surface area contributed by atoms with Gasteiger partial charge in [0.05, 0.1) is 0 Å². The molecule has 0 bridgehead atoms. The van der Waals surface area contributed by atoms with Gasteiger partial charge in [0.1, 0.15) is 6.04 Å². The van der Waals surface area contributed by atoms with Crippen LogP contribution in [0, 0.1) is 0 Å². The fraction of sp³-hybridized carbons (Fsp3) is 0.300. The predicted molar refractivity (Wildman–Crippen MR) is 103 cm³/mol. The van der Waals surface area contributed by atoms with Gasteiger partial charge in [-0.05, 0) is 24.6 Å². The molecule has 4 nitrogen and oxygen atoms in total. The van der Waals surface area contributed by atoms with E-state index in [2.05, 4.69) is 10.2 Å². The Hall–Kier alpha value is -2.11. The third-order valence-electron chi connectivity index (χ3n) is 4.31. The Kier molecular flexibility index (Phi) is 5.89. The zero-order chi connectivity index (χ0) is 17.6. The molecule has 2 aromatic carbocycles. The largest absolute Gasteiger partial charge is 0.324 e. The lowest BCUT2D eigenvalue weighted by Crippen LogP contribution is -2.41. The van der Waals surface area contributed by atoms with Gasteiger partial charge in [-0.25, -0.2) is 0 Å². The molecule has 0 aromatic heterocycles. The number of Topliss-reactive ketones (excluding diaryl/α,β-unsaturated/α-hetero) is 1. The first-order valence-corrected chi connectivity index (χ1v) is 9.59. The van der Waals surface area contributed by atoms with Crippen LogP contribution in [-0.4, -0.2) is 41.2 Å². The summed E-state index contributed by atoms with van der Waals surface area (Å²) in [6.45, 7) is 3.31. The summed E-state index contributed by atoms with van der Waals surface area (Å²) in [5, 5.41) is 2.99. The number of hydrogen-bond acceptors (Lipinski definition) is 4. The number of rotatable bonds is 5. The van der Waals surface area contributed by atoms with Gasteiger partial charge < -0.3 is 5.32 Å².